The molecule has 1 aromatic heterocycles. The van der Waals surface area contributed by atoms with Gasteiger partial charge in [-0.1, -0.05) is 48.9 Å². The van der Waals surface area contributed by atoms with Crippen molar-refractivity contribution < 1.29 is 9.59 Å². The summed E-state index contributed by atoms with van der Waals surface area (Å²) in [7, 11) is 0. The van der Waals surface area contributed by atoms with Crippen LogP contribution in [0.15, 0.2) is 48.5 Å². The number of aromatic nitrogens is 2. The maximum atomic E-state index is 12.3. The topological polar surface area (TPSA) is 84.0 Å². The largest absolute Gasteiger partial charge is 0.348 e. The number of anilines is 1. The minimum atomic E-state index is -0.308. The Morgan fingerprint density at radius 3 is 2.34 bits per heavy atom. The van der Waals surface area contributed by atoms with E-state index in [1.807, 2.05) is 12.1 Å². The minimum Gasteiger partial charge on any atom is -0.348 e. The van der Waals surface area contributed by atoms with Crippen molar-refractivity contribution in [2.75, 3.05) is 5.32 Å². The molecule has 2 aromatic carbocycles. The van der Waals surface area contributed by atoms with E-state index in [4.69, 9.17) is 11.6 Å². The number of nitrogens with one attached hydrogen (secondary N) is 2. The first kappa shape index (κ1) is 21.0. The first-order valence-electron chi connectivity index (χ1n) is 9.17. The van der Waals surface area contributed by atoms with E-state index in [0.29, 0.717) is 33.7 Å². The van der Waals surface area contributed by atoms with Crippen LogP contribution in [0.4, 0.5) is 5.69 Å². The monoisotopic (exact) mass is 428 g/mol. The van der Waals surface area contributed by atoms with Crippen LogP contribution >= 0.6 is 22.9 Å². The molecule has 0 saturated carbocycles. The number of amides is 2. The minimum absolute atomic E-state index is 0.194. The van der Waals surface area contributed by atoms with Crippen LogP contribution in [0.25, 0.3) is 0 Å². The van der Waals surface area contributed by atoms with Gasteiger partial charge >= 0.3 is 0 Å². The van der Waals surface area contributed by atoms with Gasteiger partial charge in [0, 0.05) is 29.2 Å². The van der Waals surface area contributed by atoms with Gasteiger partial charge in [-0.05, 0) is 47.9 Å². The van der Waals surface area contributed by atoms with Crippen molar-refractivity contribution in [1.82, 2.24) is 15.5 Å². The summed E-state index contributed by atoms with van der Waals surface area (Å²) in [5, 5.41) is 15.5. The summed E-state index contributed by atoms with van der Waals surface area (Å²) >= 11 is 7.15. The zero-order valence-electron chi connectivity index (χ0n) is 16.1. The summed E-state index contributed by atoms with van der Waals surface area (Å²) < 4.78 is 0. The fourth-order valence-corrected chi connectivity index (χ4v) is 3.63. The molecule has 3 rings (SSSR count). The van der Waals surface area contributed by atoms with E-state index in [2.05, 4.69) is 34.7 Å². The van der Waals surface area contributed by atoms with Crippen molar-refractivity contribution >= 4 is 40.4 Å². The molecule has 1 heterocycles. The third kappa shape index (κ3) is 6.10. The quantitative estimate of drug-likeness (QED) is 0.577. The molecule has 3 aromatic rings. The van der Waals surface area contributed by atoms with E-state index < -0.39 is 0 Å². The van der Waals surface area contributed by atoms with Gasteiger partial charge in [-0.25, -0.2) is 0 Å². The molecule has 0 unspecified atom stereocenters. The molecular weight excluding hydrogens is 408 g/mol. The van der Waals surface area contributed by atoms with Gasteiger partial charge in [-0.2, -0.15) is 0 Å². The van der Waals surface area contributed by atoms with Gasteiger partial charge in [0.25, 0.3) is 11.8 Å². The van der Waals surface area contributed by atoms with Crippen LogP contribution in [0.2, 0.25) is 5.02 Å². The molecule has 0 aliphatic rings. The highest BCUT2D eigenvalue weighted by Crippen LogP contribution is 2.17. The van der Waals surface area contributed by atoms with Crippen LogP contribution in [-0.4, -0.2) is 22.0 Å². The molecule has 0 aliphatic carbocycles. The van der Waals surface area contributed by atoms with E-state index in [1.165, 1.54) is 11.3 Å². The highest BCUT2D eigenvalue weighted by molar-refractivity contribution is 7.13. The zero-order chi connectivity index (χ0) is 20.8. The lowest BCUT2D eigenvalue weighted by Gasteiger charge is -2.07. The molecule has 0 radical (unpaired) electrons. The SMILES string of the molecule is CC(C)Cc1nnc(C(=O)Nc2ccc(C(=O)NCc3ccc(Cl)cc3)cc2)s1. The third-order valence-electron chi connectivity index (χ3n) is 4.02. The summed E-state index contributed by atoms with van der Waals surface area (Å²) in [6, 6.07) is 14.0. The second kappa shape index (κ2) is 9.62. The predicted octanol–water partition coefficient (Wildman–Crippen LogP) is 4.57. The average Bonchev–Trinajstić information content (AvgIpc) is 3.16. The van der Waals surface area contributed by atoms with Crippen molar-refractivity contribution in [3.63, 3.8) is 0 Å². The van der Waals surface area contributed by atoms with Crippen molar-refractivity contribution in [2.45, 2.75) is 26.8 Å². The van der Waals surface area contributed by atoms with Crippen molar-refractivity contribution in [2.24, 2.45) is 5.92 Å². The predicted molar refractivity (Wildman–Crippen MR) is 115 cm³/mol. The second-order valence-electron chi connectivity index (χ2n) is 6.94. The van der Waals surface area contributed by atoms with Crippen molar-refractivity contribution in [3.05, 3.63) is 74.7 Å². The Morgan fingerprint density at radius 1 is 1.00 bits per heavy atom. The third-order valence-corrected chi connectivity index (χ3v) is 5.21. The Labute approximate surface area is 178 Å². The van der Waals surface area contributed by atoms with Gasteiger partial charge in [-0.15, -0.1) is 10.2 Å². The van der Waals surface area contributed by atoms with Gasteiger partial charge in [0.15, 0.2) is 0 Å². The molecule has 2 amide bonds. The Morgan fingerprint density at radius 2 is 1.69 bits per heavy atom. The Kier molecular flexibility index (Phi) is 6.95. The molecule has 29 heavy (non-hydrogen) atoms. The van der Waals surface area contributed by atoms with E-state index in [0.717, 1.165) is 17.0 Å². The van der Waals surface area contributed by atoms with Crippen LogP contribution in [0, 0.1) is 5.92 Å². The summed E-state index contributed by atoms with van der Waals surface area (Å²) in [6.45, 7) is 4.59. The first-order chi connectivity index (χ1) is 13.9. The maximum absolute atomic E-state index is 12.3. The summed E-state index contributed by atoms with van der Waals surface area (Å²) in [4.78, 5) is 24.6. The van der Waals surface area contributed by atoms with Crippen molar-refractivity contribution in [3.8, 4) is 0 Å². The van der Waals surface area contributed by atoms with Gasteiger partial charge in [0.2, 0.25) is 5.01 Å². The summed E-state index contributed by atoms with van der Waals surface area (Å²) in [5.41, 5.74) is 2.05. The highest BCUT2D eigenvalue weighted by Gasteiger charge is 2.14. The number of benzene rings is 2. The summed E-state index contributed by atoms with van der Waals surface area (Å²) in [6.07, 6.45) is 0.796. The number of nitrogens with zero attached hydrogens (tertiary/aromatic N) is 2. The Hall–Kier alpha value is -2.77. The van der Waals surface area contributed by atoms with E-state index in [9.17, 15) is 9.59 Å². The molecule has 6 nitrogen and oxygen atoms in total. The molecule has 0 fully saturated rings. The molecule has 150 valence electrons. The fraction of sp³-hybridized carbons (Fsp3) is 0.238. The van der Waals surface area contributed by atoms with E-state index >= 15 is 0 Å². The average molecular weight is 429 g/mol. The van der Waals surface area contributed by atoms with Crippen LogP contribution in [0.1, 0.15) is 44.6 Å². The second-order valence-corrected chi connectivity index (χ2v) is 8.44. The van der Waals surface area contributed by atoms with Crippen molar-refractivity contribution in [1.29, 1.82) is 0 Å². The first-order valence-corrected chi connectivity index (χ1v) is 10.4. The lowest BCUT2D eigenvalue weighted by atomic mass is 10.1. The highest BCUT2D eigenvalue weighted by atomic mass is 35.5. The molecule has 0 saturated heterocycles. The lowest BCUT2D eigenvalue weighted by molar-refractivity contribution is 0.0950. The molecule has 0 aliphatic heterocycles. The number of carbonyl (C=O) groups excluding carboxylic acids is 2. The normalized spacial score (nSPS) is 10.8. The van der Waals surface area contributed by atoms with E-state index in [-0.39, 0.29) is 11.8 Å². The molecule has 0 spiro atoms. The van der Waals surface area contributed by atoms with Gasteiger partial charge < -0.3 is 10.6 Å². The Bertz CT molecular complexity index is 985. The fourth-order valence-electron chi connectivity index (χ4n) is 2.55. The molecule has 0 atom stereocenters. The van der Waals surface area contributed by atoms with Gasteiger partial charge in [-0.3, -0.25) is 9.59 Å². The molecular formula is C21H21ClN4O2S. The van der Waals surface area contributed by atoms with Gasteiger partial charge in [0.05, 0.1) is 0 Å². The number of rotatable bonds is 7. The Balaban J connectivity index is 1.55. The van der Waals surface area contributed by atoms with Crippen LogP contribution in [-0.2, 0) is 13.0 Å². The number of hydrogen-bond donors (Lipinski definition) is 2. The van der Waals surface area contributed by atoms with Crippen LogP contribution in [0.3, 0.4) is 0 Å². The zero-order valence-corrected chi connectivity index (χ0v) is 17.7. The maximum Gasteiger partial charge on any atom is 0.286 e. The standard InChI is InChI=1S/C21H21ClN4O2S/c1-13(2)11-18-25-26-21(29-18)20(28)24-17-9-5-15(6-10-17)19(27)23-12-14-3-7-16(22)8-4-14/h3-10,13H,11-12H2,1-2H3,(H,23,27)(H,24,28). The number of halogens is 1. The van der Waals surface area contributed by atoms with Crippen LogP contribution < -0.4 is 10.6 Å². The smallest absolute Gasteiger partial charge is 0.286 e. The number of hydrogen-bond acceptors (Lipinski definition) is 5. The number of carbonyl (C=O) groups is 2. The molecule has 2 N–H and O–H groups in total. The van der Waals surface area contributed by atoms with Crippen LogP contribution in [0.5, 0.6) is 0 Å². The van der Waals surface area contributed by atoms with Gasteiger partial charge in [0.1, 0.15) is 5.01 Å². The van der Waals surface area contributed by atoms with E-state index in [1.54, 1.807) is 36.4 Å². The molecule has 0 bridgehead atoms. The summed E-state index contributed by atoms with van der Waals surface area (Å²) in [5.74, 6) is -0.0463. The lowest BCUT2D eigenvalue weighted by Crippen LogP contribution is -2.22. The molecule has 8 heteroatoms.